The second-order valence-corrected chi connectivity index (χ2v) is 9.00. The van der Waals surface area contributed by atoms with Crippen LogP contribution in [-0.2, 0) is 10.5 Å². The summed E-state index contributed by atoms with van der Waals surface area (Å²) in [6.07, 6.45) is 1.55. The highest BCUT2D eigenvalue weighted by molar-refractivity contribution is 7.99. The molecule has 7 heteroatoms. The van der Waals surface area contributed by atoms with Crippen LogP contribution in [0.25, 0.3) is 0 Å². The summed E-state index contributed by atoms with van der Waals surface area (Å²) in [7, 11) is 0. The van der Waals surface area contributed by atoms with E-state index >= 15 is 0 Å². The summed E-state index contributed by atoms with van der Waals surface area (Å²) in [6, 6.07) is 13.1. The van der Waals surface area contributed by atoms with Gasteiger partial charge in [-0.25, -0.2) is 0 Å². The maximum absolute atomic E-state index is 12.5. The van der Waals surface area contributed by atoms with Crippen LogP contribution >= 0.6 is 35.0 Å². The number of likely N-dealkylation sites (tertiary alicyclic amines) is 1. The van der Waals surface area contributed by atoms with E-state index in [9.17, 15) is 9.59 Å². The SMILES string of the molecule is Cc1ccccc1C(=O)NC1CCN(C(=O)CSCc2ccc(Cl)cc2Cl)CC1. The summed E-state index contributed by atoms with van der Waals surface area (Å²) in [5.41, 5.74) is 2.66. The average Bonchev–Trinajstić information content (AvgIpc) is 2.70. The van der Waals surface area contributed by atoms with E-state index in [1.807, 2.05) is 42.2 Å². The van der Waals surface area contributed by atoms with Gasteiger partial charge in [0.05, 0.1) is 5.75 Å². The minimum Gasteiger partial charge on any atom is -0.349 e. The smallest absolute Gasteiger partial charge is 0.251 e. The fraction of sp³-hybridized carbons (Fsp3) is 0.364. The Balaban J connectivity index is 1.41. The summed E-state index contributed by atoms with van der Waals surface area (Å²) in [5, 5.41) is 4.34. The Morgan fingerprint density at radius 1 is 1.14 bits per heavy atom. The lowest BCUT2D eigenvalue weighted by atomic mass is 10.0. The van der Waals surface area contributed by atoms with E-state index in [1.165, 1.54) is 0 Å². The van der Waals surface area contributed by atoms with Crippen molar-refractivity contribution in [1.82, 2.24) is 10.2 Å². The number of carbonyl (C=O) groups is 2. The monoisotopic (exact) mass is 450 g/mol. The molecule has 1 aliphatic heterocycles. The molecule has 0 aliphatic carbocycles. The van der Waals surface area contributed by atoms with Gasteiger partial charge in [0, 0.05) is 40.5 Å². The first-order chi connectivity index (χ1) is 13.9. The fourth-order valence-electron chi connectivity index (χ4n) is 3.34. The second kappa shape index (κ2) is 10.4. The van der Waals surface area contributed by atoms with E-state index in [2.05, 4.69) is 5.32 Å². The van der Waals surface area contributed by atoms with Crippen LogP contribution in [0.3, 0.4) is 0 Å². The molecule has 0 aromatic heterocycles. The van der Waals surface area contributed by atoms with Crippen molar-refractivity contribution in [1.29, 1.82) is 0 Å². The van der Waals surface area contributed by atoms with E-state index in [0.29, 0.717) is 40.2 Å². The number of nitrogens with one attached hydrogen (secondary N) is 1. The zero-order chi connectivity index (χ0) is 20.8. The minimum atomic E-state index is -0.0386. The molecule has 1 saturated heterocycles. The zero-order valence-electron chi connectivity index (χ0n) is 16.3. The highest BCUT2D eigenvalue weighted by Gasteiger charge is 2.24. The molecule has 0 unspecified atom stereocenters. The highest BCUT2D eigenvalue weighted by atomic mass is 35.5. The van der Waals surface area contributed by atoms with Gasteiger partial charge in [0.1, 0.15) is 0 Å². The molecule has 2 aromatic carbocycles. The molecule has 2 aromatic rings. The van der Waals surface area contributed by atoms with Gasteiger partial charge in [0.15, 0.2) is 0 Å². The number of benzene rings is 2. The molecule has 0 bridgehead atoms. The number of hydrogen-bond acceptors (Lipinski definition) is 3. The van der Waals surface area contributed by atoms with E-state index in [-0.39, 0.29) is 17.9 Å². The molecule has 1 N–H and O–H groups in total. The van der Waals surface area contributed by atoms with E-state index in [1.54, 1.807) is 23.9 Å². The molecule has 1 fully saturated rings. The highest BCUT2D eigenvalue weighted by Crippen LogP contribution is 2.25. The van der Waals surface area contributed by atoms with Gasteiger partial charge < -0.3 is 10.2 Å². The third-order valence-electron chi connectivity index (χ3n) is 5.07. The van der Waals surface area contributed by atoms with Crippen molar-refractivity contribution >= 4 is 46.8 Å². The van der Waals surface area contributed by atoms with Crippen LogP contribution in [0.2, 0.25) is 10.0 Å². The number of aryl methyl sites for hydroxylation is 1. The molecule has 0 saturated carbocycles. The largest absolute Gasteiger partial charge is 0.349 e. The summed E-state index contributed by atoms with van der Waals surface area (Å²) < 4.78 is 0. The third kappa shape index (κ3) is 6.14. The van der Waals surface area contributed by atoms with Crippen LogP contribution in [0.4, 0.5) is 0 Å². The summed E-state index contributed by atoms with van der Waals surface area (Å²) in [5.74, 6) is 1.18. The summed E-state index contributed by atoms with van der Waals surface area (Å²) in [4.78, 5) is 26.8. The molecule has 3 rings (SSSR count). The van der Waals surface area contributed by atoms with Crippen LogP contribution in [0.15, 0.2) is 42.5 Å². The predicted octanol–water partition coefficient (Wildman–Crippen LogP) is 4.96. The van der Waals surface area contributed by atoms with Crippen molar-refractivity contribution in [3.63, 3.8) is 0 Å². The minimum absolute atomic E-state index is 0.0386. The first kappa shape index (κ1) is 22.0. The molecule has 29 heavy (non-hydrogen) atoms. The van der Waals surface area contributed by atoms with Crippen molar-refractivity contribution in [2.45, 2.75) is 31.6 Å². The Bertz CT molecular complexity index is 883. The Morgan fingerprint density at radius 3 is 2.55 bits per heavy atom. The van der Waals surface area contributed by atoms with E-state index in [4.69, 9.17) is 23.2 Å². The molecule has 4 nitrogen and oxygen atoms in total. The molecule has 0 radical (unpaired) electrons. The topological polar surface area (TPSA) is 49.4 Å². The first-order valence-corrected chi connectivity index (χ1v) is 11.5. The van der Waals surface area contributed by atoms with Crippen LogP contribution in [0, 0.1) is 6.92 Å². The Kier molecular flexibility index (Phi) is 7.87. The lowest BCUT2D eigenvalue weighted by Gasteiger charge is -2.32. The predicted molar refractivity (Wildman–Crippen MR) is 121 cm³/mol. The van der Waals surface area contributed by atoms with Crippen LogP contribution < -0.4 is 5.32 Å². The van der Waals surface area contributed by atoms with Crippen molar-refractivity contribution in [2.75, 3.05) is 18.8 Å². The van der Waals surface area contributed by atoms with Crippen molar-refractivity contribution < 1.29 is 9.59 Å². The Hall–Kier alpha value is -1.69. The van der Waals surface area contributed by atoms with Gasteiger partial charge in [-0.15, -0.1) is 11.8 Å². The number of piperidine rings is 1. The normalized spacial score (nSPS) is 14.7. The summed E-state index contributed by atoms with van der Waals surface area (Å²) in [6.45, 7) is 3.27. The second-order valence-electron chi connectivity index (χ2n) is 7.17. The van der Waals surface area contributed by atoms with Crippen molar-refractivity contribution in [3.05, 3.63) is 69.2 Å². The van der Waals surface area contributed by atoms with Gasteiger partial charge in [-0.05, 0) is 49.1 Å². The van der Waals surface area contributed by atoms with Crippen molar-refractivity contribution in [3.8, 4) is 0 Å². The average molecular weight is 451 g/mol. The molecule has 0 atom stereocenters. The maximum atomic E-state index is 12.5. The van der Waals surface area contributed by atoms with Crippen LogP contribution in [-0.4, -0.2) is 41.6 Å². The van der Waals surface area contributed by atoms with Gasteiger partial charge in [0.25, 0.3) is 5.91 Å². The molecule has 0 spiro atoms. The van der Waals surface area contributed by atoms with Crippen LogP contribution in [0.1, 0.15) is 34.3 Å². The quantitative estimate of drug-likeness (QED) is 0.676. The summed E-state index contributed by atoms with van der Waals surface area (Å²) >= 11 is 13.6. The molecular formula is C22H24Cl2N2O2S. The van der Waals surface area contributed by atoms with Crippen molar-refractivity contribution in [2.24, 2.45) is 0 Å². The van der Waals surface area contributed by atoms with Gasteiger partial charge in [0.2, 0.25) is 5.91 Å². The van der Waals surface area contributed by atoms with Gasteiger partial charge in [-0.3, -0.25) is 9.59 Å². The number of rotatable bonds is 6. The first-order valence-electron chi connectivity index (χ1n) is 9.60. The van der Waals surface area contributed by atoms with Crippen LogP contribution in [0.5, 0.6) is 0 Å². The van der Waals surface area contributed by atoms with Gasteiger partial charge in [-0.2, -0.15) is 0 Å². The van der Waals surface area contributed by atoms with E-state index < -0.39 is 0 Å². The van der Waals surface area contributed by atoms with E-state index in [0.717, 1.165) is 24.0 Å². The zero-order valence-corrected chi connectivity index (χ0v) is 18.6. The maximum Gasteiger partial charge on any atom is 0.251 e. The lowest BCUT2D eigenvalue weighted by Crippen LogP contribution is -2.47. The molecule has 1 aliphatic rings. The molecule has 1 heterocycles. The third-order valence-corrected chi connectivity index (χ3v) is 6.62. The lowest BCUT2D eigenvalue weighted by molar-refractivity contribution is -0.129. The Labute approximate surface area is 185 Å². The number of halogens is 2. The number of hydrogen-bond donors (Lipinski definition) is 1. The fourth-order valence-corrected chi connectivity index (χ4v) is 4.83. The standard InChI is InChI=1S/C22H24Cl2N2O2S/c1-15-4-2-3-5-19(15)22(28)25-18-8-10-26(11-9-18)21(27)14-29-13-16-6-7-17(23)12-20(16)24/h2-7,12,18H,8-11,13-14H2,1H3,(H,25,28). The van der Waals surface area contributed by atoms with Gasteiger partial charge in [-0.1, -0.05) is 47.5 Å². The Morgan fingerprint density at radius 2 is 1.86 bits per heavy atom. The molecule has 154 valence electrons. The molecule has 2 amide bonds. The number of carbonyl (C=O) groups excluding carboxylic acids is 2. The number of thioether (sulfide) groups is 1. The number of amides is 2. The number of nitrogens with zero attached hydrogens (tertiary/aromatic N) is 1. The molecular weight excluding hydrogens is 427 g/mol. The van der Waals surface area contributed by atoms with Gasteiger partial charge >= 0.3 is 0 Å².